The van der Waals surface area contributed by atoms with E-state index in [0.29, 0.717) is 12.0 Å². The van der Waals surface area contributed by atoms with E-state index >= 15 is 0 Å². The van der Waals surface area contributed by atoms with E-state index in [1.165, 1.54) is 0 Å². The van der Waals surface area contributed by atoms with Gasteiger partial charge in [0, 0.05) is 36.6 Å². The third-order valence-corrected chi connectivity index (χ3v) is 4.55. The Kier molecular flexibility index (Phi) is 3.46. The molecule has 19 heavy (non-hydrogen) atoms. The average molecular weight is 276 g/mol. The molecule has 100 valence electrons. The van der Waals surface area contributed by atoms with Crippen molar-refractivity contribution in [3.63, 3.8) is 0 Å². The summed E-state index contributed by atoms with van der Waals surface area (Å²) in [5, 5.41) is 2.83. The highest BCUT2D eigenvalue weighted by Gasteiger charge is 2.31. The molecule has 1 atom stereocenters. The molecule has 1 aromatic rings. The second-order valence-electron chi connectivity index (χ2n) is 4.82. The van der Waals surface area contributed by atoms with Crippen LogP contribution in [-0.2, 0) is 11.2 Å². The SMILES string of the molecule is O=C1N[C@@H](C(=O)N2CCSCC2)Cc2ccccc21. The molecule has 2 aliphatic rings. The molecule has 0 bridgehead atoms. The lowest BCUT2D eigenvalue weighted by atomic mass is 9.94. The first-order chi connectivity index (χ1) is 9.25. The molecule has 0 saturated carbocycles. The van der Waals surface area contributed by atoms with Crippen LogP contribution in [0.1, 0.15) is 15.9 Å². The van der Waals surface area contributed by atoms with E-state index in [2.05, 4.69) is 5.32 Å². The second kappa shape index (κ2) is 5.25. The van der Waals surface area contributed by atoms with E-state index in [4.69, 9.17) is 0 Å². The molecule has 0 aliphatic carbocycles. The molecule has 0 aromatic heterocycles. The predicted octanol–water partition coefficient (Wildman–Crippen LogP) is 0.916. The van der Waals surface area contributed by atoms with E-state index in [0.717, 1.165) is 30.2 Å². The fourth-order valence-electron chi connectivity index (χ4n) is 2.58. The van der Waals surface area contributed by atoms with E-state index in [9.17, 15) is 9.59 Å². The minimum Gasteiger partial charge on any atom is -0.340 e. The van der Waals surface area contributed by atoms with Crippen LogP contribution in [0.15, 0.2) is 24.3 Å². The van der Waals surface area contributed by atoms with Crippen molar-refractivity contribution in [1.82, 2.24) is 10.2 Å². The molecule has 1 aromatic carbocycles. The van der Waals surface area contributed by atoms with Gasteiger partial charge in [-0.1, -0.05) is 18.2 Å². The van der Waals surface area contributed by atoms with Gasteiger partial charge >= 0.3 is 0 Å². The van der Waals surface area contributed by atoms with Crippen molar-refractivity contribution in [2.75, 3.05) is 24.6 Å². The molecule has 4 nitrogen and oxygen atoms in total. The van der Waals surface area contributed by atoms with E-state index in [1.807, 2.05) is 40.9 Å². The number of nitrogens with zero attached hydrogens (tertiary/aromatic N) is 1. The van der Waals surface area contributed by atoms with Gasteiger partial charge in [0.2, 0.25) is 5.91 Å². The van der Waals surface area contributed by atoms with Gasteiger partial charge in [0.25, 0.3) is 5.91 Å². The topological polar surface area (TPSA) is 49.4 Å². The van der Waals surface area contributed by atoms with Gasteiger partial charge in [-0.05, 0) is 11.6 Å². The van der Waals surface area contributed by atoms with Crippen LogP contribution in [0.2, 0.25) is 0 Å². The van der Waals surface area contributed by atoms with E-state index in [-0.39, 0.29) is 11.8 Å². The zero-order valence-corrected chi connectivity index (χ0v) is 11.4. The predicted molar refractivity (Wildman–Crippen MR) is 75.3 cm³/mol. The van der Waals surface area contributed by atoms with Crippen molar-refractivity contribution in [2.24, 2.45) is 0 Å². The highest BCUT2D eigenvalue weighted by Crippen LogP contribution is 2.19. The van der Waals surface area contributed by atoms with Crippen molar-refractivity contribution in [2.45, 2.75) is 12.5 Å². The van der Waals surface area contributed by atoms with E-state index in [1.54, 1.807) is 0 Å². The Morgan fingerprint density at radius 3 is 2.79 bits per heavy atom. The van der Waals surface area contributed by atoms with Gasteiger partial charge in [-0.25, -0.2) is 0 Å². The maximum Gasteiger partial charge on any atom is 0.252 e. The Balaban J connectivity index is 1.77. The summed E-state index contributed by atoms with van der Waals surface area (Å²) in [6.07, 6.45) is 0.602. The Morgan fingerprint density at radius 2 is 2.00 bits per heavy atom. The summed E-state index contributed by atoms with van der Waals surface area (Å²) >= 11 is 1.87. The Hall–Kier alpha value is -1.49. The molecule has 1 fully saturated rings. The summed E-state index contributed by atoms with van der Waals surface area (Å²) in [6, 6.07) is 7.10. The van der Waals surface area contributed by atoms with Crippen LogP contribution in [0, 0.1) is 0 Å². The van der Waals surface area contributed by atoms with Crippen LogP contribution in [0.5, 0.6) is 0 Å². The molecule has 1 N–H and O–H groups in total. The zero-order valence-electron chi connectivity index (χ0n) is 10.6. The fourth-order valence-corrected chi connectivity index (χ4v) is 3.48. The molecule has 0 spiro atoms. The first kappa shape index (κ1) is 12.5. The molecule has 0 unspecified atom stereocenters. The lowest BCUT2D eigenvalue weighted by molar-refractivity contribution is -0.132. The summed E-state index contributed by atoms with van der Waals surface area (Å²) in [5.41, 5.74) is 1.66. The first-order valence-electron chi connectivity index (χ1n) is 6.51. The van der Waals surface area contributed by atoms with Gasteiger partial charge in [0.05, 0.1) is 0 Å². The average Bonchev–Trinajstić information content (AvgIpc) is 2.47. The van der Waals surface area contributed by atoms with Crippen LogP contribution < -0.4 is 5.32 Å². The third kappa shape index (κ3) is 2.47. The third-order valence-electron chi connectivity index (χ3n) is 3.61. The molecule has 2 amide bonds. The van der Waals surface area contributed by atoms with Crippen LogP contribution in [-0.4, -0.2) is 47.4 Å². The number of amides is 2. The van der Waals surface area contributed by atoms with Crippen molar-refractivity contribution >= 4 is 23.6 Å². The highest BCUT2D eigenvalue weighted by atomic mass is 32.2. The summed E-state index contributed by atoms with van der Waals surface area (Å²) < 4.78 is 0. The van der Waals surface area contributed by atoms with Gasteiger partial charge in [0.15, 0.2) is 0 Å². The number of rotatable bonds is 1. The minimum absolute atomic E-state index is 0.0585. The lowest BCUT2D eigenvalue weighted by Gasteiger charge is -2.32. The van der Waals surface area contributed by atoms with E-state index < -0.39 is 6.04 Å². The Labute approximate surface area is 116 Å². The van der Waals surface area contributed by atoms with Crippen LogP contribution >= 0.6 is 11.8 Å². The van der Waals surface area contributed by atoms with Crippen molar-refractivity contribution in [3.05, 3.63) is 35.4 Å². The molecule has 1 saturated heterocycles. The molecule has 0 radical (unpaired) electrons. The summed E-state index contributed by atoms with van der Waals surface area (Å²) in [7, 11) is 0. The van der Waals surface area contributed by atoms with Gasteiger partial charge < -0.3 is 10.2 Å². The Bertz CT molecular complexity index is 512. The van der Waals surface area contributed by atoms with Crippen LogP contribution in [0.3, 0.4) is 0 Å². The zero-order chi connectivity index (χ0) is 13.2. The molecule has 2 aliphatic heterocycles. The molecular formula is C14H16N2O2S. The monoisotopic (exact) mass is 276 g/mol. The minimum atomic E-state index is -0.398. The second-order valence-corrected chi connectivity index (χ2v) is 6.05. The number of thioether (sulfide) groups is 1. The maximum atomic E-state index is 12.4. The maximum absolute atomic E-state index is 12.4. The lowest BCUT2D eigenvalue weighted by Crippen LogP contribution is -2.53. The quantitative estimate of drug-likeness (QED) is 0.829. The van der Waals surface area contributed by atoms with Gasteiger partial charge in [-0.3, -0.25) is 9.59 Å². The van der Waals surface area contributed by atoms with Crippen molar-refractivity contribution in [3.8, 4) is 0 Å². The van der Waals surface area contributed by atoms with Gasteiger partial charge in [0.1, 0.15) is 6.04 Å². The van der Waals surface area contributed by atoms with Crippen molar-refractivity contribution in [1.29, 1.82) is 0 Å². The standard InChI is InChI=1S/C14H16N2O2S/c17-13-11-4-2-1-3-10(11)9-12(15-13)14(18)16-5-7-19-8-6-16/h1-4,12H,5-9H2,(H,15,17)/t12-/m1/s1. The summed E-state index contributed by atoms with van der Waals surface area (Å²) in [4.78, 5) is 26.3. The number of fused-ring (bicyclic) bond motifs is 1. The number of carbonyl (C=O) groups excluding carboxylic acids is 2. The first-order valence-corrected chi connectivity index (χ1v) is 7.66. The fraction of sp³-hybridized carbons (Fsp3) is 0.429. The van der Waals surface area contributed by atoms with Crippen molar-refractivity contribution < 1.29 is 9.59 Å². The van der Waals surface area contributed by atoms with Gasteiger partial charge in [-0.15, -0.1) is 0 Å². The largest absolute Gasteiger partial charge is 0.340 e. The highest BCUT2D eigenvalue weighted by molar-refractivity contribution is 7.99. The normalized spacial score (nSPS) is 22.6. The summed E-state index contributed by atoms with van der Waals surface area (Å²) in [5.74, 6) is 1.90. The number of nitrogens with one attached hydrogen (secondary N) is 1. The smallest absolute Gasteiger partial charge is 0.252 e. The number of benzene rings is 1. The number of carbonyl (C=O) groups is 2. The van der Waals surface area contributed by atoms with Crippen LogP contribution in [0.25, 0.3) is 0 Å². The van der Waals surface area contributed by atoms with Gasteiger partial charge in [-0.2, -0.15) is 11.8 Å². The molecular weight excluding hydrogens is 260 g/mol. The number of hydrogen-bond acceptors (Lipinski definition) is 3. The number of hydrogen-bond donors (Lipinski definition) is 1. The molecule has 2 heterocycles. The Morgan fingerprint density at radius 1 is 1.26 bits per heavy atom. The molecule has 5 heteroatoms. The molecule has 3 rings (SSSR count). The van der Waals surface area contributed by atoms with Crippen LogP contribution in [0.4, 0.5) is 0 Å². The summed E-state index contributed by atoms with van der Waals surface area (Å²) in [6.45, 7) is 1.58.